The maximum absolute atomic E-state index is 11.5. The van der Waals surface area contributed by atoms with Gasteiger partial charge >= 0.3 is 0 Å². The van der Waals surface area contributed by atoms with E-state index in [4.69, 9.17) is 4.74 Å². The minimum Gasteiger partial charge on any atom is -0.457 e. The number of hydrogen-bond acceptors (Lipinski definition) is 5. The van der Waals surface area contributed by atoms with E-state index in [0.717, 1.165) is 23.6 Å². The molecule has 1 amide bonds. The molecule has 0 aliphatic rings. The summed E-state index contributed by atoms with van der Waals surface area (Å²) in [7, 11) is 0. The zero-order chi connectivity index (χ0) is 18.2. The lowest BCUT2D eigenvalue weighted by molar-refractivity contribution is -0.116. The van der Waals surface area contributed by atoms with Gasteiger partial charge in [-0.05, 0) is 55.0 Å². The second-order valence-electron chi connectivity index (χ2n) is 5.67. The molecule has 2 N–H and O–H groups in total. The number of nitrogens with one attached hydrogen (secondary N) is 2. The average molecular weight is 348 g/mol. The van der Waals surface area contributed by atoms with E-state index in [2.05, 4.69) is 20.8 Å². The first-order valence-corrected chi connectivity index (χ1v) is 8.46. The molecule has 0 aliphatic heterocycles. The molecule has 0 saturated carbocycles. The molecular formula is C20H20N4O2. The van der Waals surface area contributed by atoms with E-state index in [1.165, 1.54) is 0 Å². The molecule has 0 bridgehead atoms. The van der Waals surface area contributed by atoms with Crippen molar-refractivity contribution in [3.8, 4) is 11.5 Å². The van der Waals surface area contributed by atoms with Crippen LogP contribution in [0.4, 0.5) is 17.3 Å². The minimum absolute atomic E-state index is 0.0588. The van der Waals surface area contributed by atoms with Crippen molar-refractivity contribution in [2.24, 2.45) is 0 Å². The summed E-state index contributed by atoms with van der Waals surface area (Å²) < 4.78 is 5.76. The van der Waals surface area contributed by atoms with Crippen molar-refractivity contribution < 1.29 is 9.53 Å². The van der Waals surface area contributed by atoms with Crippen LogP contribution in [0.2, 0.25) is 0 Å². The number of aromatic nitrogens is 2. The van der Waals surface area contributed by atoms with Crippen LogP contribution in [0.25, 0.3) is 0 Å². The van der Waals surface area contributed by atoms with Gasteiger partial charge in [0.05, 0.1) is 0 Å². The molecule has 0 unspecified atom stereocenters. The van der Waals surface area contributed by atoms with Crippen LogP contribution in [0, 0.1) is 0 Å². The number of carbonyl (C=O) groups is 1. The van der Waals surface area contributed by atoms with Gasteiger partial charge in [0.25, 0.3) is 0 Å². The first kappa shape index (κ1) is 17.4. The molecule has 6 heteroatoms. The Kier molecular flexibility index (Phi) is 5.77. The van der Waals surface area contributed by atoms with Crippen LogP contribution in [0.3, 0.4) is 0 Å². The molecule has 132 valence electrons. The molecule has 1 aromatic heterocycles. The van der Waals surface area contributed by atoms with E-state index in [1.54, 1.807) is 12.1 Å². The van der Waals surface area contributed by atoms with Crippen LogP contribution in [0.15, 0.2) is 66.7 Å². The first-order chi connectivity index (χ1) is 12.7. The molecule has 3 rings (SSSR count). The van der Waals surface area contributed by atoms with Crippen molar-refractivity contribution in [1.29, 1.82) is 0 Å². The predicted octanol–water partition coefficient (Wildman–Crippen LogP) is 4.75. The number of para-hydroxylation sites is 1. The fourth-order valence-electron chi connectivity index (χ4n) is 2.28. The molecule has 1 heterocycles. The second kappa shape index (κ2) is 8.62. The number of carbonyl (C=O) groups excluding carboxylic acids is 1. The van der Waals surface area contributed by atoms with Crippen LogP contribution < -0.4 is 15.4 Å². The largest absolute Gasteiger partial charge is 0.457 e. The molecule has 0 saturated heterocycles. The smallest absolute Gasteiger partial charge is 0.225 e. The zero-order valence-corrected chi connectivity index (χ0v) is 14.5. The van der Waals surface area contributed by atoms with Crippen LogP contribution >= 0.6 is 0 Å². The van der Waals surface area contributed by atoms with E-state index in [1.807, 2.05) is 61.5 Å². The van der Waals surface area contributed by atoms with Gasteiger partial charge in [-0.3, -0.25) is 4.79 Å². The summed E-state index contributed by atoms with van der Waals surface area (Å²) in [5, 5.41) is 13.9. The van der Waals surface area contributed by atoms with E-state index in [0.29, 0.717) is 18.1 Å². The number of nitrogens with zero attached hydrogens (tertiary/aromatic N) is 2. The highest BCUT2D eigenvalue weighted by Crippen LogP contribution is 2.23. The molecule has 26 heavy (non-hydrogen) atoms. The molecule has 2 aromatic carbocycles. The lowest BCUT2D eigenvalue weighted by Gasteiger charge is -2.08. The Balaban J connectivity index is 1.58. The Morgan fingerprint density at radius 2 is 1.54 bits per heavy atom. The van der Waals surface area contributed by atoms with Gasteiger partial charge in [0.15, 0.2) is 11.6 Å². The van der Waals surface area contributed by atoms with E-state index >= 15 is 0 Å². The lowest BCUT2D eigenvalue weighted by atomic mass is 10.3. The number of ether oxygens (including phenoxy) is 1. The van der Waals surface area contributed by atoms with Gasteiger partial charge in [-0.2, -0.15) is 0 Å². The number of rotatable bonds is 7. The zero-order valence-electron chi connectivity index (χ0n) is 14.5. The maximum Gasteiger partial charge on any atom is 0.225 e. The van der Waals surface area contributed by atoms with Crippen LogP contribution in [0.5, 0.6) is 11.5 Å². The Hall–Kier alpha value is -3.41. The lowest BCUT2D eigenvalue weighted by Crippen LogP contribution is -2.12. The fourth-order valence-corrected chi connectivity index (χ4v) is 2.28. The molecule has 0 fully saturated rings. The van der Waals surface area contributed by atoms with Gasteiger partial charge in [0.1, 0.15) is 11.5 Å². The van der Waals surface area contributed by atoms with E-state index in [9.17, 15) is 4.79 Å². The van der Waals surface area contributed by atoms with E-state index < -0.39 is 0 Å². The van der Waals surface area contributed by atoms with Gasteiger partial charge in [0, 0.05) is 12.1 Å². The molecule has 0 radical (unpaired) electrons. The van der Waals surface area contributed by atoms with Crippen molar-refractivity contribution in [2.45, 2.75) is 19.8 Å². The Bertz CT molecular complexity index is 834. The summed E-state index contributed by atoms with van der Waals surface area (Å²) in [5.74, 6) is 2.52. The normalized spacial score (nSPS) is 10.2. The number of benzene rings is 2. The quantitative estimate of drug-likeness (QED) is 0.644. The SMILES string of the molecule is CCCC(=O)Nc1ccc(Nc2ccc(Oc3ccccc3)cc2)nn1. The van der Waals surface area contributed by atoms with Crippen molar-refractivity contribution in [3.05, 3.63) is 66.7 Å². The summed E-state index contributed by atoms with van der Waals surface area (Å²) in [6, 6.07) is 20.7. The monoisotopic (exact) mass is 348 g/mol. The molecule has 0 aliphatic carbocycles. The highest BCUT2D eigenvalue weighted by atomic mass is 16.5. The number of amides is 1. The first-order valence-electron chi connectivity index (χ1n) is 8.46. The maximum atomic E-state index is 11.5. The number of hydrogen-bond donors (Lipinski definition) is 2. The second-order valence-corrected chi connectivity index (χ2v) is 5.67. The Morgan fingerprint density at radius 1 is 0.885 bits per heavy atom. The highest BCUT2D eigenvalue weighted by Gasteiger charge is 2.04. The van der Waals surface area contributed by atoms with E-state index in [-0.39, 0.29) is 5.91 Å². The third-order valence-corrected chi connectivity index (χ3v) is 3.51. The third kappa shape index (κ3) is 5.04. The molecule has 3 aromatic rings. The molecule has 0 spiro atoms. The van der Waals surface area contributed by atoms with Crippen molar-refractivity contribution in [2.75, 3.05) is 10.6 Å². The summed E-state index contributed by atoms with van der Waals surface area (Å²) >= 11 is 0. The van der Waals surface area contributed by atoms with Gasteiger partial charge in [-0.15, -0.1) is 10.2 Å². The number of anilines is 3. The van der Waals surface area contributed by atoms with Gasteiger partial charge in [-0.25, -0.2) is 0 Å². The molecule has 0 atom stereocenters. The Labute approximate surface area is 152 Å². The average Bonchev–Trinajstić information content (AvgIpc) is 2.66. The van der Waals surface area contributed by atoms with Crippen molar-refractivity contribution in [1.82, 2.24) is 10.2 Å². The van der Waals surface area contributed by atoms with Crippen molar-refractivity contribution in [3.63, 3.8) is 0 Å². The summed E-state index contributed by atoms with van der Waals surface area (Å²) in [6.45, 7) is 1.95. The predicted molar refractivity (Wildman–Crippen MR) is 102 cm³/mol. The summed E-state index contributed by atoms with van der Waals surface area (Å²) in [5.41, 5.74) is 0.863. The molecule has 6 nitrogen and oxygen atoms in total. The minimum atomic E-state index is -0.0588. The molecular weight excluding hydrogens is 328 g/mol. The van der Waals surface area contributed by atoms with Gasteiger partial charge < -0.3 is 15.4 Å². The van der Waals surface area contributed by atoms with Crippen LogP contribution in [-0.4, -0.2) is 16.1 Å². The Morgan fingerprint density at radius 3 is 2.19 bits per heavy atom. The van der Waals surface area contributed by atoms with Crippen LogP contribution in [-0.2, 0) is 4.79 Å². The van der Waals surface area contributed by atoms with Gasteiger partial charge in [-0.1, -0.05) is 25.1 Å². The standard InChI is InChI=1S/C20H20N4O2/c1-2-6-20(25)22-19-14-13-18(23-24-19)21-15-9-11-17(12-10-15)26-16-7-4-3-5-8-16/h3-5,7-14H,2,6H2,1H3,(H,21,23)(H,22,24,25). The van der Waals surface area contributed by atoms with Crippen molar-refractivity contribution >= 4 is 23.2 Å². The van der Waals surface area contributed by atoms with Gasteiger partial charge in [0.2, 0.25) is 5.91 Å². The van der Waals surface area contributed by atoms with Crippen LogP contribution in [0.1, 0.15) is 19.8 Å². The fraction of sp³-hybridized carbons (Fsp3) is 0.150. The summed E-state index contributed by atoms with van der Waals surface area (Å²) in [6.07, 6.45) is 1.27. The summed E-state index contributed by atoms with van der Waals surface area (Å²) in [4.78, 5) is 11.5. The highest BCUT2D eigenvalue weighted by molar-refractivity contribution is 5.89. The third-order valence-electron chi connectivity index (χ3n) is 3.51. The topological polar surface area (TPSA) is 76.1 Å².